The Kier molecular flexibility index (Phi) is 4.09. The van der Waals surface area contributed by atoms with E-state index in [1.807, 2.05) is 26.2 Å². The minimum atomic E-state index is 0.188. The van der Waals surface area contributed by atoms with Gasteiger partial charge in [-0.15, -0.1) is 0 Å². The van der Waals surface area contributed by atoms with Gasteiger partial charge in [-0.2, -0.15) is 0 Å². The second-order valence-corrected chi connectivity index (χ2v) is 4.87. The van der Waals surface area contributed by atoms with E-state index in [9.17, 15) is 5.11 Å². The van der Waals surface area contributed by atoms with Gasteiger partial charge in [-0.25, -0.2) is 0 Å². The summed E-state index contributed by atoms with van der Waals surface area (Å²) in [6, 6.07) is 6.20. The Balaban J connectivity index is 2.31. The van der Waals surface area contributed by atoms with Gasteiger partial charge in [-0.05, 0) is 38.2 Å². The topological polar surface area (TPSA) is 41.9 Å². The number of hydrogen-bond donors (Lipinski definition) is 1. The number of hydrogen-bond acceptors (Lipinski definition) is 4. The van der Waals surface area contributed by atoms with Crippen molar-refractivity contribution in [3.05, 3.63) is 23.8 Å². The molecule has 0 aliphatic carbocycles. The van der Waals surface area contributed by atoms with E-state index in [4.69, 9.17) is 9.47 Å². The first-order chi connectivity index (χ1) is 8.67. The molecule has 100 valence electrons. The third-order valence-electron chi connectivity index (χ3n) is 3.50. The van der Waals surface area contributed by atoms with E-state index in [2.05, 4.69) is 17.9 Å². The zero-order valence-corrected chi connectivity index (χ0v) is 11.2. The second-order valence-electron chi connectivity index (χ2n) is 4.87. The van der Waals surface area contributed by atoms with Crippen molar-refractivity contribution in [1.29, 1.82) is 0 Å². The molecule has 0 aromatic heterocycles. The van der Waals surface area contributed by atoms with Crippen molar-refractivity contribution < 1.29 is 14.6 Å². The largest absolute Gasteiger partial charge is 0.454 e. The summed E-state index contributed by atoms with van der Waals surface area (Å²) < 4.78 is 10.7. The molecule has 0 bridgehead atoms. The van der Waals surface area contributed by atoms with Crippen molar-refractivity contribution >= 4 is 0 Å². The van der Waals surface area contributed by atoms with Crippen molar-refractivity contribution in [2.75, 3.05) is 27.5 Å². The van der Waals surface area contributed by atoms with Crippen LogP contribution in [0.15, 0.2) is 18.2 Å². The molecule has 2 atom stereocenters. The van der Waals surface area contributed by atoms with Gasteiger partial charge in [0.05, 0.1) is 0 Å². The summed E-state index contributed by atoms with van der Waals surface area (Å²) >= 11 is 0. The van der Waals surface area contributed by atoms with Crippen molar-refractivity contribution in [3.63, 3.8) is 0 Å². The third-order valence-corrected chi connectivity index (χ3v) is 3.50. The van der Waals surface area contributed by atoms with Crippen LogP contribution in [0.2, 0.25) is 0 Å². The Hall–Kier alpha value is -1.26. The Morgan fingerprint density at radius 1 is 1.28 bits per heavy atom. The molecule has 0 spiro atoms. The molecule has 1 aromatic rings. The highest BCUT2D eigenvalue weighted by Crippen LogP contribution is 2.37. The van der Waals surface area contributed by atoms with Crippen molar-refractivity contribution in [1.82, 2.24) is 4.90 Å². The molecular formula is C14H21NO3. The van der Waals surface area contributed by atoms with Crippen LogP contribution in [0.4, 0.5) is 0 Å². The van der Waals surface area contributed by atoms with Crippen LogP contribution in [0.5, 0.6) is 11.5 Å². The lowest BCUT2D eigenvalue weighted by Gasteiger charge is -2.31. The van der Waals surface area contributed by atoms with Gasteiger partial charge in [-0.3, -0.25) is 0 Å². The minimum Gasteiger partial charge on any atom is -0.454 e. The van der Waals surface area contributed by atoms with Crippen LogP contribution in [0.3, 0.4) is 0 Å². The highest BCUT2D eigenvalue weighted by molar-refractivity contribution is 5.45. The highest BCUT2D eigenvalue weighted by atomic mass is 16.7. The molecule has 1 aliphatic rings. The molecule has 1 N–H and O–H groups in total. The van der Waals surface area contributed by atoms with Gasteiger partial charge < -0.3 is 19.5 Å². The van der Waals surface area contributed by atoms with Gasteiger partial charge >= 0.3 is 0 Å². The number of aliphatic hydroxyl groups excluding tert-OH is 1. The molecule has 0 fully saturated rings. The summed E-state index contributed by atoms with van der Waals surface area (Å²) in [5, 5.41) is 9.52. The summed E-state index contributed by atoms with van der Waals surface area (Å²) in [4.78, 5) is 2.14. The van der Waals surface area contributed by atoms with E-state index in [1.165, 1.54) is 0 Å². The van der Waals surface area contributed by atoms with Crippen molar-refractivity contribution in [2.24, 2.45) is 5.92 Å². The minimum absolute atomic E-state index is 0.188. The quantitative estimate of drug-likeness (QED) is 0.869. The highest BCUT2D eigenvalue weighted by Gasteiger charge is 2.25. The van der Waals surface area contributed by atoms with E-state index in [-0.39, 0.29) is 18.6 Å². The zero-order chi connectivity index (χ0) is 13.1. The maximum Gasteiger partial charge on any atom is 0.231 e. The maximum atomic E-state index is 9.52. The van der Waals surface area contributed by atoms with Crippen LogP contribution >= 0.6 is 0 Å². The molecule has 0 radical (unpaired) electrons. The third kappa shape index (κ3) is 2.44. The first-order valence-corrected chi connectivity index (χ1v) is 6.34. The van der Waals surface area contributed by atoms with Crippen LogP contribution in [-0.4, -0.2) is 37.5 Å². The standard InChI is InChI=1S/C14H21NO3/c1-4-10(8-16)14(15(2)3)11-5-6-12-13(7-11)18-9-17-12/h5-7,10,14,16H,4,8-9H2,1-3H3. The summed E-state index contributed by atoms with van der Waals surface area (Å²) in [5.74, 6) is 1.82. The van der Waals surface area contributed by atoms with Gasteiger partial charge in [0.15, 0.2) is 11.5 Å². The molecule has 4 nitrogen and oxygen atoms in total. The van der Waals surface area contributed by atoms with Gasteiger partial charge in [0.1, 0.15) is 0 Å². The molecule has 18 heavy (non-hydrogen) atoms. The summed E-state index contributed by atoms with van der Waals surface area (Å²) in [6.45, 7) is 2.58. The van der Waals surface area contributed by atoms with E-state index >= 15 is 0 Å². The molecule has 0 amide bonds. The van der Waals surface area contributed by atoms with E-state index in [0.29, 0.717) is 6.79 Å². The molecule has 2 rings (SSSR count). The molecule has 0 saturated heterocycles. The van der Waals surface area contributed by atoms with E-state index in [0.717, 1.165) is 23.5 Å². The number of fused-ring (bicyclic) bond motifs is 1. The normalized spacial score (nSPS) is 16.9. The lowest BCUT2D eigenvalue weighted by molar-refractivity contribution is 0.130. The van der Waals surface area contributed by atoms with Crippen LogP contribution in [0, 0.1) is 5.92 Å². The Labute approximate surface area is 108 Å². The van der Waals surface area contributed by atoms with Gasteiger partial charge in [0, 0.05) is 18.6 Å². The number of rotatable bonds is 5. The summed E-state index contributed by atoms with van der Waals surface area (Å²) in [5.41, 5.74) is 1.16. The average molecular weight is 251 g/mol. The monoisotopic (exact) mass is 251 g/mol. The number of ether oxygens (including phenoxy) is 2. The van der Waals surface area contributed by atoms with Crippen LogP contribution in [-0.2, 0) is 0 Å². The Morgan fingerprint density at radius 2 is 2.00 bits per heavy atom. The smallest absolute Gasteiger partial charge is 0.231 e. The molecular weight excluding hydrogens is 230 g/mol. The Morgan fingerprint density at radius 3 is 2.61 bits per heavy atom. The predicted molar refractivity (Wildman–Crippen MR) is 69.9 cm³/mol. The van der Waals surface area contributed by atoms with Crippen molar-refractivity contribution in [3.8, 4) is 11.5 Å². The summed E-state index contributed by atoms with van der Waals surface area (Å²) in [6.07, 6.45) is 0.938. The maximum absolute atomic E-state index is 9.52. The van der Waals surface area contributed by atoms with Crippen LogP contribution in [0.25, 0.3) is 0 Å². The molecule has 4 heteroatoms. The lowest BCUT2D eigenvalue weighted by atomic mass is 9.90. The van der Waals surface area contributed by atoms with Gasteiger partial charge in [0.25, 0.3) is 0 Å². The number of nitrogens with zero attached hydrogens (tertiary/aromatic N) is 1. The van der Waals surface area contributed by atoms with Crippen LogP contribution < -0.4 is 9.47 Å². The average Bonchev–Trinajstić information content (AvgIpc) is 2.82. The number of benzene rings is 1. The molecule has 2 unspecified atom stereocenters. The van der Waals surface area contributed by atoms with Crippen LogP contribution in [0.1, 0.15) is 24.9 Å². The summed E-state index contributed by atoms with van der Waals surface area (Å²) in [7, 11) is 4.07. The molecule has 1 aromatic carbocycles. The van der Waals surface area contributed by atoms with E-state index < -0.39 is 0 Å². The first kappa shape index (κ1) is 13.2. The molecule has 1 aliphatic heterocycles. The fourth-order valence-electron chi connectivity index (χ4n) is 2.54. The Bertz CT molecular complexity index is 402. The molecule has 0 saturated carbocycles. The number of aliphatic hydroxyl groups is 1. The SMILES string of the molecule is CCC(CO)C(c1ccc2c(c1)OCO2)N(C)C. The predicted octanol–water partition coefficient (Wildman–Crippen LogP) is 2.04. The molecule has 1 heterocycles. The fraction of sp³-hybridized carbons (Fsp3) is 0.571. The van der Waals surface area contributed by atoms with Crippen molar-refractivity contribution in [2.45, 2.75) is 19.4 Å². The van der Waals surface area contributed by atoms with Gasteiger partial charge in [-0.1, -0.05) is 13.0 Å². The zero-order valence-electron chi connectivity index (χ0n) is 11.2. The van der Waals surface area contributed by atoms with E-state index in [1.54, 1.807) is 0 Å². The second kappa shape index (κ2) is 5.59. The first-order valence-electron chi connectivity index (χ1n) is 6.34. The lowest BCUT2D eigenvalue weighted by Crippen LogP contribution is -2.29. The fourth-order valence-corrected chi connectivity index (χ4v) is 2.54. The van der Waals surface area contributed by atoms with Gasteiger partial charge in [0.2, 0.25) is 6.79 Å².